The molecule has 1 aliphatic heterocycles. The van der Waals surface area contributed by atoms with E-state index in [1.807, 2.05) is 53.4 Å². The van der Waals surface area contributed by atoms with Crippen molar-refractivity contribution in [1.29, 1.82) is 0 Å². The normalized spacial score (nSPS) is 14.1. The molecule has 0 aliphatic carbocycles. The number of hydrogen-bond donors (Lipinski definition) is 2. The SMILES string of the molecule is CCCCCCOc1ccc(NC(=O)CNc2ccc(C(=O)N3CCC(C)CC3)cc2)cc1. The minimum Gasteiger partial charge on any atom is -0.494 e. The van der Waals surface area contributed by atoms with Crippen molar-refractivity contribution in [3.8, 4) is 5.75 Å². The lowest BCUT2D eigenvalue weighted by Gasteiger charge is -2.30. The lowest BCUT2D eigenvalue weighted by atomic mass is 9.98. The standard InChI is InChI=1S/C27H37N3O3/c1-3-4-5-6-19-33-25-13-11-24(12-14-25)29-26(31)20-28-23-9-7-22(8-10-23)27(32)30-17-15-21(2)16-18-30/h7-14,21,28H,3-6,15-20H2,1-2H3,(H,29,31). The number of ether oxygens (including phenoxy) is 1. The molecule has 0 spiro atoms. The van der Waals surface area contributed by atoms with Crippen LogP contribution in [-0.2, 0) is 4.79 Å². The van der Waals surface area contributed by atoms with Gasteiger partial charge in [0.25, 0.3) is 5.91 Å². The first-order valence-corrected chi connectivity index (χ1v) is 12.2. The first-order chi connectivity index (χ1) is 16.0. The van der Waals surface area contributed by atoms with Gasteiger partial charge in [-0.3, -0.25) is 9.59 Å². The molecule has 0 bridgehead atoms. The van der Waals surface area contributed by atoms with Crippen LogP contribution in [0.1, 0.15) is 62.7 Å². The van der Waals surface area contributed by atoms with E-state index in [0.29, 0.717) is 11.5 Å². The molecule has 2 N–H and O–H groups in total. The molecule has 2 aromatic rings. The molecule has 0 saturated carbocycles. The molecule has 1 saturated heterocycles. The summed E-state index contributed by atoms with van der Waals surface area (Å²) in [5.41, 5.74) is 2.23. The molecule has 33 heavy (non-hydrogen) atoms. The van der Waals surface area contributed by atoms with Gasteiger partial charge in [-0.2, -0.15) is 0 Å². The van der Waals surface area contributed by atoms with Crippen LogP contribution >= 0.6 is 0 Å². The summed E-state index contributed by atoms with van der Waals surface area (Å²) in [5.74, 6) is 1.46. The summed E-state index contributed by atoms with van der Waals surface area (Å²) in [6, 6.07) is 14.8. The number of hydrogen-bond acceptors (Lipinski definition) is 4. The summed E-state index contributed by atoms with van der Waals surface area (Å²) in [6.07, 6.45) is 6.83. The number of carbonyl (C=O) groups is 2. The zero-order valence-electron chi connectivity index (χ0n) is 19.9. The average Bonchev–Trinajstić information content (AvgIpc) is 2.84. The van der Waals surface area contributed by atoms with E-state index in [0.717, 1.165) is 56.1 Å². The minimum atomic E-state index is -0.133. The number of anilines is 2. The molecule has 2 aromatic carbocycles. The fourth-order valence-corrected chi connectivity index (χ4v) is 3.87. The van der Waals surface area contributed by atoms with Crippen LogP contribution in [-0.4, -0.2) is 43.0 Å². The van der Waals surface area contributed by atoms with E-state index < -0.39 is 0 Å². The van der Waals surface area contributed by atoms with Gasteiger partial charge in [-0.25, -0.2) is 0 Å². The first kappa shape index (κ1) is 24.6. The molecular weight excluding hydrogens is 414 g/mol. The molecule has 0 atom stereocenters. The second kappa shape index (κ2) is 12.9. The van der Waals surface area contributed by atoms with E-state index in [1.54, 1.807) is 0 Å². The van der Waals surface area contributed by atoms with Gasteiger partial charge in [0, 0.05) is 30.0 Å². The van der Waals surface area contributed by atoms with Gasteiger partial charge in [0.2, 0.25) is 5.91 Å². The highest BCUT2D eigenvalue weighted by atomic mass is 16.5. The number of unbranched alkanes of at least 4 members (excludes halogenated alkanes) is 3. The van der Waals surface area contributed by atoms with Crippen molar-refractivity contribution in [1.82, 2.24) is 4.90 Å². The molecule has 1 heterocycles. The van der Waals surface area contributed by atoms with Crippen molar-refractivity contribution in [3.05, 3.63) is 54.1 Å². The third-order valence-electron chi connectivity index (χ3n) is 6.06. The Labute approximate surface area is 197 Å². The molecule has 1 fully saturated rings. The van der Waals surface area contributed by atoms with Gasteiger partial charge in [0.1, 0.15) is 5.75 Å². The van der Waals surface area contributed by atoms with Gasteiger partial charge in [-0.05, 0) is 73.7 Å². The molecule has 2 amide bonds. The summed E-state index contributed by atoms with van der Waals surface area (Å²) >= 11 is 0. The van der Waals surface area contributed by atoms with Crippen LogP contribution in [0.15, 0.2) is 48.5 Å². The zero-order chi connectivity index (χ0) is 23.5. The smallest absolute Gasteiger partial charge is 0.253 e. The molecule has 6 nitrogen and oxygen atoms in total. The van der Waals surface area contributed by atoms with E-state index in [1.165, 1.54) is 19.3 Å². The molecule has 1 aliphatic rings. The fraction of sp³-hybridized carbons (Fsp3) is 0.481. The molecule has 6 heteroatoms. The maximum Gasteiger partial charge on any atom is 0.253 e. The van der Waals surface area contributed by atoms with Gasteiger partial charge in [0.15, 0.2) is 0 Å². The number of piperidine rings is 1. The van der Waals surface area contributed by atoms with Gasteiger partial charge in [-0.1, -0.05) is 33.1 Å². The van der Waals surface area contributed by atoms with Crippen molar-refractivity contribution < 1.29 is 14.3 Å². The number of nitrogens with zero attached hydrogens (tertiary/aromatic N) is 1. The van der Waals surface area contributed by atoms with Crippen molar-refractivity contribution in [2.45, 2.75) is 52.4 Å². The highest BCUT2D eigenvalue weighted by molar-refractivity contribution is 5.95. The Morgan fingerprint density at radius 2 is 1.61 bits per heavy atom. The molecule has 0 unspecified atom stereocenters. The third kappa shape index (κ3) is 8.12. The maximum absolute atomic E-state index is 12.6. The van der Waals surface area contributed by atoms with Crippen molar-refractivity contribution in [3.63, 3.8) is 0 Å². The van der Waals surface area contributed by atoms with Crippen LogP contribution in [0.3, 0.4) is 0 Å². The number of amides is 2. The van der Waals surface area contributed by atoms with Crippen molar-refractivity contribution in [2.75, 3.05) is 36.9 Å². The summed E-state index contributed by atoms with van der Waals surface area (Å²) in [5, 5.41) is 5.99. The topological polar surface area (TPSA) is 70.7 Å². The van der Waals surface area contributed by atoms with E-state index in [4.69, 9.17) is 4.74 Å². The maximum atomic E-state index is 12.6. The van der Waals surface area contributed by atoms with E-state index in [2.05, 4.69) is 24.5 Å². The predicted octanol–water partition coefficient (Wildman–Crippen LogP) is 5.57. The Morgan fingerprint density at radius 3 is 2.27 bits per heavy atom. The summed E-state index contributed by atoms with van der Waals surface area (Å²) in [6.45, 7) is 6.94. The van der Waals surface area contributed by atoms with E-state index >= 15 is 0 Å². The Balaban J connectivity index is 1.39. The van der Waals surface area contributed by atoms with Crippen LogP contribution in [0.25, 0.3) is 0 Å². The van der Waals surface area contributed by atoms with Gasteiger partial charge in [-0.15, -0.1) is 0 Å². The number of likely N-dealkylation sites (tertiary alicyclic amines) is 1. The fourth-order valence-electron chi connectivity index (χ4n) is 3.87. The Bertz CT molecular complexity index is 872. The zero-order valence-corrected chi connectivity index (χ0v) is 19.9. The van der Waals surface area contributed by atoms with Crippen LogP contribution in [0.4, 0.5) is 11.4 Å². The van der Waals surface area contributed by atoms with Crippen LogP contribution in [0, 0.1) is 5.92 Å². The van der Waals surface area contributed by atoms with Crippen LogP contribution in [0.2, 0.25) is 0 Å². The average molecular weight is 452 g/mol. The number of rotatable bonds is 11. The Kier molecular flexibility index (Phi) is 9.60. The highest BCUT2D eigenvalue weighted by Gasteiger charge is 2.21. The summed E-state index contributed by atoms with van der Waals surface area (Å²) in [4.78, 5) is 26.9. The molecule has 0 radical (unpaired) electrons. The Hall–Kier alpha value is -3.02. The van der Waals surface area contributed by atoms with Gasteiger partial charge < -0.3 is 20.3 Å². The monoisotopic (exact) mass is 451 g/mol. The highest BCUT2D eigenvalue weighted by Crippen LogP contribution is 2.19. The lowest BCUT2D eigenvalue weighted by Crippen LogP contribution is -2.37. The Morgan fingerprint density at radius 1 is 0.939 bits per heavy atom. The minimum absolute atomic E-state index is 0.0829. The predicted molar refractivity (Wildman–Crippen MR) is 134 cm³/mol. The first-order valence-electron chi connectivity index (χ1n) is 12.2. The number of benzene rings is 2. The third-order valence-corrected chi connectivity index (χ3v) is 6.06. The van der Waals surface area contributed by atoms with Gasteiger partial charge >= 0.3 is 0 Å². The van der Waals surface area contributed by atoms with E-state index in [9.17, 15) is 9.59 Å². The van der Waals surface area contributed by atoms with Crippen molar-refractivity contribution >= 4 is 23.2 Å². The number of carbonyl (C=O) groups excluding carboxylic acids is 2. The van der Waals surface area contributed by atoms with E-state index in [-0.39, 0.29) is 18.4 Å². The molecule has 3 rings (SSSR count). The molecular formula is C27H37N3O3. The second-order valence-corrected chi connectivity index (χ2v) is 8.89. The second-order valence-electron chi connectivity index (χ2n) is 8.89. The summed E-state index contributed by atoms with van der Waals surface area (Å²) in [7, 11) is 0. The van der Waals surface area contributed by atoms with Crippen molar-refractivity contribution in [2.24, 2.45) is 5.92 Å². The quantitative estimate of drug-likeness (QED) is 0.438. The molecule has 0 aromatic heterocycles. The summed E-state index contributed by atoms with van der Waals surface area (Å²) < 4.78 is 5.74. The largest absolute Gasteiger partial charge is 0.494 e. The van der Waals surface area contributed by atoms with Crippen LogP contribution < -0.4 is 15.4 Å². The van der Waals surface area contributed by atoms with Gasteiger partial charge in [0.05, 0.1) is 13.2 Å². The number of nitrogens with one attached hydrogen (secondary N) is 2. The molecule has 178 valence electrons. The van der Waals surface area contributed by atoms with Crippen LogP contribution in [0.5, 0.6) is 5.75 Å². The lowest BCUT2D eigenvalue weighted by molar-refractivity contribution is -0.114.